The van der Waals surface area contributed by atoms with Crippen LogP contribution in [0.3, 0.4) is 0 Å². The van der Waals surface area contributed by atoms with Gasteiger partial charge in [0.1, 0.15) is 25.4 Å². The highest BCUT2D eigenvalue weighted by Gasteiger charge is 2.29. The first-order chi connectivity index (χ1) is 39.2. The van der Waals surface area contributed by atoms with Crippen LogP contribution in [0.25, 0.3) is 0 Å². The highest BCUT2D eigenvalue weighted by atomic mass is 31.2. The number of phosphoric acid groups is 2. The zero-order valence-electron chi connectivity index (χ0n) is 49.9. The summed E-state index contributed by atoms with van der Waals surface area (Å²) in [7, 11) is -9.77. The van der Waals surface area contributed by atoms with E-state index in [1.807, 2.05) is 0 Å². The van der Waals surface area contributed by atoms with Crippen LogP contribution in [0, 0.1) is 0 Å². The molecule has 0 rings (SSSR count). The number of esters is 3. The van der Waals surface area contributed by atoms with E-state index in [1.165, 1.54) is 25.7 Å². The molecule has 0 saturated carbocycles. The van der Waals surface area contributed by atoms with Gasteiger partial charge in [-0.2, -0.15) is 0 Å². The number of ether oxygens (including phenoxy) is 3. The van der Waals surface area contributed by atoms with E-state index in [1.54, 1.807) is 0 Å². The molecule has 0 aromatic heterocycles. The average Bonchev–Trinajstić information content (AvgIpc) is 3.45. The van der Waals surface area contributed by atoms with E-state index in [2.05, 4.69) is 118 Å². The third-order valence-corrected chi connectivity index (χ3v) is 14.2. The van der Waals surface area contributed by atoms with Gasteiger partial charge in [-0.25, -0.2) is 9.13 Å². The number of allylic oxidation sites excluding steroid dienone is 16. The fourth-order valence-corrected chi connectivity index (χ4v) is 9.12. The molecule has 5 atom stereocenters. The predicted octanol–water partition coefficient (Wildman–Crippen LogP) is 16.0. The van der Waals surface area contributed by atoms with Crippen LogP contribution < -0.4 is 0 Å². The first-order valence-corrected chi connectivity index (χ1v) is 33.5. The summed E-state index contributed by atoms with van der Waals surface area (Å²) in [5.74, 6) is -1.63. The number of aliphatic hydroxyl groups is 2. The molecule has 0 aromatic carbocycles. The van der Waals surface area contributed by atoms with Crippen molar-refractivity contribution in [2.75, 3.05) is 39.6 Å². The van der Waals surface area contributed by atoms with Gasteiger partial charge in [0.2, 0.25) is 0 Å². The van der Waals surface area contributed by atoms with E-state index in [0.29, 0.717) is 19.3 Å². The normalized spacial score (nSPS) is 15.1. The van der Waals surface area contributed by atoms with Crippen molar-refractivity contribution in [1.82, 2.24) is 0 Å². The van der Waals surface area contributed by atoms with Crippen LogP contribution in [0.2, 0.25) is 0 Å². The van der Waals surface area contributed by atoms with Gasteiger partial charge in [0.25, 0.3) is 0 Å². The molecule has 0 saturated heterocycles. The lowest BCUT2D eigenvalue weighted by atomic mass is 10.1. The van der Waals surface area contributed by atoms with Crippen molar-refractivity contribution in [1.29, 1.82) is 0 Å². The lowest BCUT2D eigenvalue weighted by Crippen LogP contribution is -2.30. The van der Waals surface area contributed by atoms with Crippen LogP contribution in [0.1, 0.15) is 226 Å². The Balaban J connectivity index is 4.55. The van der Waals surface area contributed by atoms with Gasteiger partial charge in [-0.15, -0.1) is 0 Å². The lowest BCUT2D eigenvalue weighted by Gasteiger charge is -2.21. The number of unbranched alkanes of at least 4 members (excludes halogenated alkanes) is 18. The average molecular weight is 1180 g/mol. The zero-order valence-corrected chi connectivity index (χ0v) is 51.7. The number of hydrogen-bond donors (Lipinski definition) is 4. The Bertz CT molecular complexity index is 1870. The molecule has 81 heavy (non-hydrogen) atoms. The van der Waals surface area contributed by atoms with E-state index < -0.39 is 91.5 Å². The first-order valence-electron chi connectivity index (χ1n) is 30.5. The van der Waals surface area contributed by atoms with Gasteiger partial charge < -0.3 is 34.2 Å². The molecule has 4 N–H and O–H groups in total. The SMILES string of the molecule is CC/C=C\C/C=C\C/C=C\C/C=C\C/C=C\C/C=C\CCCCCCC(=O)OCC(O)COP(=O)(O)OCC(O)COP(=O)(O)OCC(COC(=O)CCCCCCC/C=C\CCCC)OC(=O)CCCCCCC/C=C\CCCC. The van der Waals surface area contributed by atoms with E-state index in [-0.39, 0.29) is 19.3 Å². The van der Waals surface area contributed by atoms with Gasteiger partial charge in [-0.05, 0) is 109 Å². The Morgan fingerprint density at radius 1 is 0.358 bits per heavy atom. The Hall–Kier alpha value is -3.53. The minimum absolute atomic E-state index is 0.0916. The van der Waals surface area contributed by atoms with Crippen LogP contribution >= 0.6 is 15.6 Å². The number of phosphoric ester groups is 2. The molecular weight excluding hydrogens is 1070 g/mol. The highest BCUT2D eigenvalue weighted by molar-refractivity contribution is 7.47. The van der Waals surface area contributed by atoms with Gasteiger partial charge in [-0.3, -0.25) is 32.5 Å². The fourth-order valence-electron chi connectivity index (χ4n) is 7.53. The second-order valence-electron chi connectivity index (χ2n) is 20.1. The minimum Gasteiger partial charge on any atom is -0.463 e. The Morgan fingerprint density at radius 3 is 1.05 bits per heavy atom. The fraction of sp³-hybridized carbons (Fsp3) is 0.698. The standard InChI is InChI=1S/C63H108O16P2/c1-4-7-10-13-16-19-22-23-24-25-26-27-28-29-30-31-32-33-36-38-40-43-46-49-61(66)73-52-58(64)53-75-80(69,70)76-54-59(65)55-77-81(71,72)78-57-60(79-63(68)51-48-45-42-39-35-21-18-15-12-9-6-3)56-74-62(67)50-47-44-41-37-34-20-17-14-11-8-5-2/h7,10,14-19,23-24,26-27,29-30,32-33,58-60,64-65H,4-6,8-9,11-13,20-22,25,28,31,34-57H2,1-3H3,(H,69,70)(H,71,72)/b10-7-,17-14-,18-15-,19-16-,24-23-,27-26-,30-29-,33-32-. The Kier molecular flexibility index (Phi) is 54.4. The van der Waals surface area contributed by atoms with Crippen molar-refractivity contribution in [3.8, 4) is 0 Å². The first kappa shape index (κ1) is 77.5. The molecule has 0 amide bonds. The summed E-state index contributed by atoms with van der Waals surface area (Å²) in [6, 6.07) is 0. The van der Waals surface area contributed by atoms with E-state index >= 15 is 0 Å². The van der Waals surface area contributed by atoms with Crippen molar-refractivity contribution >= 4 is 33.6 Å². The zero-order chi connectivity index (χ0) is 59.6. The highest BCUT2D eigenvalue weighted by Crippen LogP contribution is 2.45. The van der Waals surface area contributed by atoms with Crippen molar-refractivity contribution < 1.29 is 75.8 Å². The molecular formula is C63H108O16P2. The van der Waals surface area contributed by atoms with Crippen LogP contribution in [-0.2, 0) is 55.8 Å². The summed E-state index contributed by atoms with van der Waals surface area (Å²) in [5.41, 5.74) is 0. The van der Waals surface area contributed by atoms with Crippen molar-refractivity contribution in [3.05, 3.63) is 97.2 Å². The molecule has 0 aliphatic rings. The number of rotatable bonds is 57. The van der Waals surface area contributed by atoms with Crippen LogP contribution in [0.15, 0.2) is 97.2 Å². The molecule has 18 heteroatoms. The van der Waals surface area contributed by atoms with Crippen molar-refractivity contribution in [2.24, 2.45) is 0 Å². The van der Waals surface area contributed by atoms with Gasteiger partial charge in [-0.1, -0.05) is 195 Å². The van der Waals surface area contributed by atoms with E-state index in [4.69, 9.17) is 32.3 Å². The predicted molar refractivity (Wildman–Crippen MR) is 325 cm³/mol. The van der Waals surface area contributed by atoms with Crippen LogP contribution in [0.4, 0.5) is 0 Å². The summed E-state index contributed by atoms with van der Waals surface area (Å²) in [6.45, 7) is 2.38. The molecule has 0 spiro atoms. The monoisotopic (exact) mass is 1180 g/mol. The quantitative estimate of drug-likeness (QED) is 0.0146. The number of carbonyl (C=O) groups excluding carboxylic acids is 3. The summed E-state index contributed by atoms with van der Waals surface area (Å²) in [6.07, 6.45) is 59.2. The number of carbonyl (C=O) groups is 3. The molecule has 0 radical (unpaired) electrons. The third kappa shape index (κ3) is 58.1. The summed E-state index contributed by atoms with van der Waals surface area (Å²) in [4.78, 5) is 58.0. The van der Waals surface area contributed by atoms with Gasteiger partial charge >= 0.3 is 33.6 Å². The maximum absolute atomic E-state index is 12.8. The maximum atomic E-state index is 12.8. The van der Waals surface area contributed by atoms with Gasteiger partial charge in [0.05, 0.1) is 26.4 Å². The second kappa shape index (κ2) is 56.9. The maximum Gasteiger partial charge on any atom is 0.472 e. The molecule has 16 nitrogen and oxygen atoms in total. The van der Waals surface area contributed by atoms with Gasteiger partial charge in [0.15, 0.2) is 6.10 Å². The Morgan fingerprint density at radius 2 is 0.654 bits per heavy atom. The topological polar surface area (TPSA) is 231 Å². The molecule has 0 aromatic rings. The molecule has 5 unspecified atom stereocenters. The Labute approximate surface area is 488 Å². The molecule has 0 aliphatic carbocycles. The third-order valence-electron chi connectivity index (χ3n) is 12.3. The summed E-state index contributed by atoms with van der Waals surface area (Å²) >= 11 is 0. The molecule has 0 aliphatic heterocycles. The smallest absolute Gasteiger partial charge is 0.463 e. The summed E-state index contributed by atoms with van der Waals surface area (Å²) in [5, 5.41) is 20.5. The lowest BCUT2D eigenvalue weighted by molar-refractivity contribution is -0.161. The van der Waals surface area contributed by atoms with Gasteiger partial charge in [0, 0.05) is 19.3 Å². The van der Waals surface area contributed by atoms with Crippen molar-refractivity contribution in [2.45, 2.75) is 245 Å². The van der Waals surface area contributed by atoms with Crippen molar-refractivity contribution in [3.63, 3.8) is 0 Å². The molecule has 0 heterocycles. The van der Waals surface area contributed by atoms with Crippen LogP contribution in [-0.4, -0.2) is 95.9 Å². The molecule has 466 valence electrons. The molecule has 0 bridgehead atoms. The van der Waals surface area contributed by atoms with Crippen LogP contribution in [0.5, 0.6) is 0 Å². The minimum atomic E-state index is -4.92. The number of aliphatic hydroxyl groups excluding tert-OH is 2. The number of hydrogen-bond acceptors (Lipinski definition) is 14. The largest absolute Gasteiger partial charge is 0.472 e. The summed E-state index contributed by atoms with van der Waals surface area (Å²) < 4.78 is 60.5. The molecule has 0 fully saturated rings. The van der Waals surface area contributed by atoms with E-state index in [9.17, 15) is 43.5 Å². The second-order valence-corrected chi connectivity index (χ2v) is 23.0. The van der Waals surface area contributed by atoms with E-state index in [0.717, 1.165) is 141 Å².